The first kappa shape index (κ1) is 11.7. The third-order valence-electron chi connectivity index (χ3n) is 2.48. The van der Waals surface area contributed by atoms with E-state index in [2.05, 4.69) is 30.3 Å². The number of nitrogens with one attached hydrogen (secondary N) is 1. The minimum absolute atomic E-state index is 0.190. The van der Waals surface area contributed by atoms with Crippen LogP contribution < -0.4 is 4.80 Å². The molecule has 94 valence electrons. The number of nitrogens with zero attached hydrogens (tertiary/aromatic N) is 4. The normalized spacial score (nSPS) is 12.7. The highest BCUT2D eigenvalue weighted by atomic mass is 32.2. The van der Waals surface area contributed by atoms with E-state index in [-0.39, 0.29) is 10.5 Å². The number of aromatic nitrogens is 4. The lowest BCUT2D eigenvalue weighted by molar-refractivity contribution is 1.11. The van der Waals surface area contributed by atoms with E-state index in [0.29, 0.717) is 5.82 Å². The van der Waals surface area contributed by atoms with E-state index in [4.69, 9.17) is 0 Å². The fourth-order valence-corrected chi connectivity index (χ4v) is 3.44. The summed E-state index contributed by atoms with van der Waals surface area (Å²) in [6.45, 7) is 2.03. The monoisotopic (exact) mass is 270 g/mol. The Balaban J connectivity index is 2.16. The summed E-state index contributed by atoms with van der Waals surface area (Å²) in [5.41, 5.74) is 1.10. The number of thiazole rings is 1. The van der Waals surface area contributed by atoms with Crippen LogP contribution in [0.2, 0.25) is 0 Å². The topological polar surface area (TPSA) is 66.8 Å². The summed E-state index contributed by atoms with van der Waals surface area (Å²) in [6, 6.07) is 4.01. The first-order chi connectivity index (χ1) is 9.33. The first-order valence-corrected chi connectivity index (χ1v) is 7.05. The molecule has 0 bridgehead atoms. The van der Waals surface area contributed by atoms with Crippen molar-refractivity contribution in [2.75, 3.05) is 0 Å². The molecule has 3 heterocycles. The lowest BCUT2D eigenvalue weighted by Crippen LogP contribution is -2.01. The van der Waals surface area contributed by atoms with Gasteiger partial charge in [-0.2, -0.15) is 4.99 Å². The van der Waals surface area contributed by atoms with E-state index in [0.717, 1.165) is 10.5 Å². The highest BCUT2D eigenvalue weighted by Gasteiger charge is 2.14. The Kier molecular flexibility index (Phi) is 3.16. The second kappa shape index (κ2) is 5.11. The van der Waals surface area contributed by atoms with Crippen molar-refractivity contribution in [1.82, 2.24) is 19.9 Å². The van der Waals surface area contributed by atoms with E-state index in [1.165, 1.54) is 4.90 Å². The molecule has 0 radical (unpaired) electrons. The van der Waals surface area contributed by atoms with E-state index >= 15 is 0 Å². The third kappa shape index (κ3) is 2.58. The summed E-state index contributed by atoms with van der Waals surface area (Å²) in [5, 5.41) is 2.17. The van der Waals surface area contributed by atoms with Gasteiger partial charge in [0.25, 0.3) is 0 Å². The van der Waals surface area contributed by atoms with Gasteiger partial charge in [-0.3, -0.25) is 15.0 Å². The minimum Gasteiger partial charge on any atom is -0.294 e. The van der Waals surface area contributed by atoms with Gasteiger partial charge in [-0.1, -0.05) is 0 Å². The van der Waals surface area contributed by atoms with Crippen LogP contribution in [0.25, 0.3) is 4.90 Å². The fourth-order valence-electron chi connectivity index (χ4n) is 1.68. The molecule has 1 N–H and O–H groups in total. The second-order valence-electron chi connectivity index (χ2n) is 3.93. The molecule has 5 nitrogen and oxygen atoms in total. The highest BCUT2D eigenvalue weighted by molar-refractivity contribution is 7.36. The zero-order chi connectivity index (χ0) is 13.1. The molecule has 0 aromatic carbocycles. The van der Waals surface area contributed by atoms with Crippen molar-refractivity contribution in [2.45, 2.75) is 6.92 Å². The summed E-state index contributed by atoms with van der Waals surface area (Å²) in [4.78, 5) is 22.1. The van der Waals surface area contributed by atoms with Crippen molar-refractivity contribution in [2.24, 2.45) is 4.99 Å². The van der Waals surface area contributed by atoms with Gasteiger partial charge in [0.1, 0.15) is 0 Å². The van der Waals surface area contributed by atoms with Crippen LogP contribution in [-0.4, -0.2) is 19.9 Å². The molecular weight excluding hydrogens is 258 g/mol. The summed E-state index contributed by atoms with van der Waals surface area (Å²) in [7, 11) is -0.190. The number of pyridine rings is 1. The molecule has 0 aliphatic carbocycles. The molecule has 0 saturated heterocycles. The molecule has 3 rings (SSSR count). The molecule has 6 heteroatoms. The maximum absolute atomic E-state index is 4.54. The summed E-state index contributed by atoms with van der Waals surface area (Å²) < 4.78 is 0. The largest absolute Gasteiger partial charge is 0.351 e. The Bertz CT molecular complexity index is 730. The Labute approximate surface area is 112 Å². The molecule has 0 aliphatic rings. The lowest BCUT2D eigenvalue weighted by Gasteiger charge is -1.88. The molecule has 3 aromatic heterocycles. The molecule has 1 unspecified atom stereocenters. The van der Waals surface area contributed by atoms with Crippen LogP contribution in [0.5, 0.6) is 0 Å². The van der Waals surface area contributed by atoms with Gasteiger partial charge in [0.15, 0.2) is 16.1 Å². The Hall–Kier alpha value is -2.34. The smallest absolute Gasteiger partial charge is 0.294 e. The maximum Gasteiger partial charge on any atom is 0.351 e. The van der Waals surface area contributed by atoms with Crippen molar-refractivity contribution < 1.29 is 0 Å². The summed E-state index contributed by atoms with van der Waals surface area (Å²) >= 11 is 0. The maximum atomic E-state index is 4.54. The van der Waals surface area contributed by atoms with Crippen molar-refractivity contribution in [3.8, 4) is 4.90 Å². The van der Waals surface area contributed by atoms with Crippen molar-refractivity contribution in [1.29, 1.82) is 0 Å². The number of rotatable bonds is 2. The molecule has 3 aromatic rings. The minimum atomic E-state index is -0.190. The Morgan fingerprint density at radius 1 is 1.11 bits per heavy atom. The average molecular weight is 270 g/mol. The van der Waals surface area contributed by atoms with Gasteiger partial charge in [-0.05, 0) is 6.92 Å². The van der Waals surface area contributed by atoms with Gasteiger partial charge in [0, 0.05) is 36.9 Å². The highest BCUT2D eigenvalue weighted by Crippen LogP contribution is 2.25. The van der Waals surface area contributed by atoms with Gasteiger partial charge in [0.2, 0.25) is 0 Å². The molecule has 0 amide bonds. The van der Waals surface area contributed by atoms with E-state index < -0.39 is 0 Å². The molecule has 1 atom stereocenters. The number of hydrogen-bond acceptors (Lipinski definition) is 4. The lowest BCUT2D eigenvalue weighted by atomic mass is 10.5. The predicted molar refractivity (Wildman–Crippen MR) is 74.4 cm³/mol. The van der Waals surface area contributed by atoms with Crippen LogP contribution in [0.1, 0.15) is 5.69 Å². The van der Waals surface area contributed by atoms with Gasteiger partial charge < -0.3 is 0 Å². The van der Waals surface area contributed by atoms with Crippen LogP contribution >= 0.6 is 10.5 Å². The zero-order valence-corrected chi connectivity index (χ0v) is 11.1. The van der Waals surface area contributed by atoms with Crippen molar-refractivity contribution in [3.63, 3.8) is 0 Å². The number of hydrogen-bond donors (Lipinski definition) is 1. The molecule has 0 spiro atoms. The van der Waals surface area contributed by atoms with E-state index in [1.54, 1.807) is 31.0 Å². The fraction of sp³-hybridized carbons (Fsp3) is 0.0769. The predicted octanol–water partition coefficient (Wildman–Crippen LogP) is 2.48. The Morgan fingerprint density at radius 2 is 1.95 bits per heavy atom. The Morgan fingerprint density at radius 3 is 2.68 bits per heavy atom. The van der Waals surface area contributed by atoms with Crippen LogP contribution in [0, 0.1) is 6.92 Å². The van der Waals surface area contributed by atoms with Gasteiger partial charge >= 0.3 is 4.80 Å². The van der Waals surface area contributed by atoms with Crippen molar-refractivity contribution >= 4 is 16.3 Å². The molecule has 0 aliphatic heterocycles. The number of H-pyrrole nitrogens is 1. The van der Waals surface area contributed by atoms with Gasteiger partial charge in [-0.25, -0.2) is 4.98 Å². The average Bonchev–Trinajstić information content (AvgIpc) is 2.82. The third-order valence-corrected chi connectivity index (χ3v) is 4.46. The summed E-state index contributed by atoms with van der Waals surface area (Å²) in [6.07, 6.45) is 8.51. The molecule has 0 saturated carbocycles. The van der Waals surface area contributed by atoms with Crippen molar-refractivity contribution in [3.05, 3.63) is 59.0 Å². The van der Waals surface area contributed by atoms with Crippen LogP contribution in [0.15, 0.2) is 53.5 Å². The van der Waals surface area contributed by atoms with Crippen LogP contribution in [0.4, 0.5) is 5.82 Å². The van der Waals surface area contributed by atoms with Gasteiger partial charge in [0.05, 0.1) is 22.4 Å². The number of aromatic amines is 1. The van der Waals surface area contributed by atoms with E-state index in [1.807, 2.05) is 19.1 Å². The standard InChI is InChI=1S/C13H12N5S/c1-10-9-19(11-2-4-14-5-3-11)13(17-10)18-12-8-15-6-7-16-12/h2-9H,1H3,(H,16,17,18)/q+1. The van der Waals surface area contributed by atoms with Gasteiger partial charge in [-0.15, -0.1) is 0 Å². The zero-order valence-electron chi connectivity index (χ0n) is 10.3. The quantitative estimate of drug-likeness (QED) is 0.727. The second-order valence-corrected chi connectivity index (χ2v) is 5.70. The SMILES string of the molecule is Cc1c[s+](-c2ccncc2)c(=Nc2cnccn2)[nH]1. The summed E-state index contributed by atoms with van der Waals surface area (Å²) in [5.74, 6) is 0.611. The van der Waals surface area contributed by atoms with Crippen LogP contribution in [0.3, 0.4) is 0 Å². The van der Waals surface area contributed by atoms with Crippen LogP contribution in [-0.2, 0) is 0 Å². The first-order valence-electron chi connectivity index (χ1n) is 5.76. The molecular formula is C13H12N5S+. The van der Waals surface area contributed by atoms with E-state index in [9.17, 15) is 0 Å². The number of aryl methyl sites for hydroxylation is 1. The molecule has 0 fully saturated rings. The molecule has 19 heavy (non-hydrogen) atoms.